The number of carbonyl (C=O) groups is 1. The minimum Gasteiger partial charge on any atom is -0.493 e. The number of benzene rings is 1. The van der Waals surface area contributed by atoms with E-state index < -0.39 is 0 Å². The first kappa shape index (κ1) is 22.0. The molecule has 0 spiro atoms. The van der Waals surface area contributed by atoms with E-state index in [0.29, 0.717) is 18.1 Å². The molecule has 4 heterocycles. The topological polar surface area (TPSA) is 56.6 Å². The normalized spacial score (nSPS) is 16.6. The Kier molecular flexibility index (Phi) is 5.47. The van der Waals surface area contributed by atoms with E-state index in [0.717, 1.165) is 53.4 Å². The first-order valence-corrected chi connectivity index (χ1v) is 12.5. The highest BCUT2D eigenvalue weighted by Crippen LogP contribution is 2.44. The van der Waals surface area contributed by atoms with Crippen molar-refractivity contribution in [3.8, 4) is 33.3 Å². The summed E-state index contributed by atoms with van der Waals surface area (Å²) in [5.41, 5.74) is 3.97. The highest BCUT2D eigenvalue weighted by Gasteiger charge is 2.39. The monoisotopic (exact) mass is 465 g/mol. The molecule has 0 atom stereocenters. The van der Waals surface area contributed by atoms with Crippen LogP contribution in [0.3, 0.4) is 0 Å². The molecule has 3 aromatic rings. The second kappa shape index (κ2) is 8.20. The summed E-state index contributed by atoms with van der Waals surface area (Å²) in [4.78, 5) is 21.8. The zero-order valence-corrected chi connectivity index (χ0v) is 20.8. The number of imidazole rings is 1. The van der Waals surface area contributed by atoms with Gasteiger partial charge < -0.3 is 18.9 Å². The van der Waals surface area contributed by atoms with Crippen LogP contribution >= 0.6 is 11.3 Å². The number of amides is 1. The molecule has 0 bridgehead atoms. The summed E-state index contributed by atoms with van der Waals surface area (Å²) in [5, 5.41) is 2.05. The molecule has 2 aromatic heterocycles. The molecule has 7 heteroatoms. The zero-order chi connectivity index (χ0) is 23.3. The number of hydrogen-bond donors (Lipinski definition) is 0. The zero-order valence-electron chi connectivity index (χ0n) is 20.0. The van der Waals surface area contributed by atoms with Crippen molar-refractivity contribution < 1.29 is 14.3 Å². The number of thiophene rings is 1. The van der Waals surface area contributed by atoms with Crippen molar-refractivity contribution in [2.45, 2.75) is 65.1 Å². The van der Waals surface area contributed by atoms with Gasteiger partial charge in [-0.15, -0.1) is 11.3 Å². The molecule has 33 heavy (non-hydrogen) atoms. The van der Waals surface area contributed by atoms with Gasteiger partial charge in [-0.05, 0) is 76.1 Å². The molecule has 0 saturated carbocycles. The van der Waals surface area contributed by atoms with Crippen molar-refractivity contribution in [1.82, 2.24) is 14.5 Å². The van der Waals surface area contributed by atoms with Crippen molar-refractivity contribution in [3.63, 3.8) is 0 Å². The fourth-order valence-corrected chi connectivity index (χ4v) is 5.78. The van der Waals surface area contributed by atoms with E-state index in [2.05, 4.69) is 42.0 Å². The molecule has 2 aliphatic rings. The Balaban J connectivity index is 1.70. The number of methoxy groups -OCH3 is 1. The van der Waals surface area contributed by atoms with Gasteiger partial charge in [-0.2, -0.15) is 0 Å². The fraction of sp³-hybridized carbons (Fsp3) is 0.462. The Morgan fingerprint density at radius 1 is 1.21 bits per heavy atom. The maximum atomic E-state index is 13.7. The van der Waals surface area contributed by atoms with Crippen LogP contribution in [0.4, 0.5) is 0 Å². The minimum atomic E-state index is -0.148. The number of aryl methyl sites for hydroxylation is 1. The number of fused-ring (bicyclic) bond motifs is 3. The van der Waals surface area contributed by atoms with E-state index in [9.17, 15) is 4.79 Å². The second-order valence-electron chi connectivity index (χ2n) is 9.71. The van der Waals surface area contributed by atoms with Crippen LogP contribution < -0.4 is 9.47 Å². The van der Waals surface area contributed by atoms with Crippen LogP contribution in [-0.2, 0) is 13.0 Å². The smallest absolute Gasteiger partial charge is 0.290 e. The Morgan fingerprint density at radius 2 is 2.03 bits per heavy atom. The average Bonchev–Trinajstić information content (AvgIpc) is 3.50. The van der Waals surface area contributed by atoms with E-state index in [-0.39, 0.29) is 17.6 Å². The first-order valence-electron chi connectivity index (χ1n) is 11.6. The van der Waals surface area contributed by atoms with Crippen LogP contribution in [0.15, 0.2) is 29.6 Å². The van der Waals surface area contributed by atoms with Crippen LogP contribution in [0.1, 0.15) is 56.7 Å². The predicted octanol–water partition coefficient (Wildman–Crippen LogP) is 5.65. The molecular formula is C26H31N3O3S. The van der Waals surface area contributed by atoms with Gasteiger partial charge in [0.05, 0.1) is 23.8 Å². The van der Waals surface area contributed by atoms with Crippen molar-refractivity contribution in [3.05, 3.63) is 41.0 Å². The van der Waals surface area contributed by atoms with Gasteiger partial charge in [0, 0.05) is 24.2 Å². The molecular weight excluding hydrogens is 434 g/mol. The lowest BCUT2D eigenvalue weighted by atomic mass is 9.95. The maximum Gasteiger partial charge on any atom is 0.290 e. The molecule has 1 saturated heterocycles. The van der Waals surface area contributed by atoms with Crippen molar-refractivity contribution in [2.75, 3.05) is 13.7 Å². The Labute approximate surface area is 199 Å². The SMILES string of the molecule is COc1cc2c(cc1OC(C)C)-c1c(-c3cccs3)nc(C(=O)N3CCCC3(C)C)n1CC2. The summed E-state index contributed by atoms with van der Waals surface area (Å²) in [6.07, 6.45) is 2.88. The third kappa shape index (κ3) is 3.72. The Bertz CT molecular complexity index is 1190. The summed E-state index contributed by atoms with van der Waals surface area (Å²) < 4.78 is 13.8. The van der Waals surface area contributed by atoms with E-state index in [1.54, 1.807) is 18.4 Å². The summed E-state index contributed by atoms with van der Waals surface area (Å²) in [6.45, 7) is 9.81. The number of rotatable bonds is 5. The summed E-state index contributed by atoms with van der Waals surface area (Å²) in [5.74, 6) is 2.02. The number of aromatic nitrogens is 2. The van der Waals surface area contributed by atoms with Crippen LogP contribution in [0.25, 0.3) is 21.8 Å². The molecule has 5 rings (SSSR count). The fourth-order valence-electron chi connectivity index (χ4n) is 5.06. The first-order chi connectivity index (χ1) is 15.8. The molecule has 6 nitrogen and oxygen atoms in total. The summed E-state index contributed by atoms with van der Waals surface area (Å²) in [6, 6.07) is 8.24. The minimum absolute atomic E-state index is 0.0248. The summed E-state index contributed by atoms with van der Waals surface area (Å²) in [7, 11) is 1.67. The van der Waals surface area contributed by atoms with Gasteiger partial charge in [0.15, 0.2) is 17.3 Å². The van der Waals surface area contributed by atoms with Gasteiger partial charge in [0.2, 0.25) is 0 Å². The van der Waals surface area contributed by atoms with Gasteiger partial charge in [-0.25, -0.2) is 4.98 Å². The third-order valence-corrected chi connectivity index (χ3v) is 7.55. The van der Waals surface area contributed by atoms with Crippen LogP contribution in [0.2, 0.25) is 0 Å². The predicted molar refractivity (Wildman–Crippen MR) is 131 cm³/mol. The highest BCUT2D eigenvalue weighted by atomic mass is 32.1. The maximum absolute atomic E-state index is 13.7. The molecule has 2 aliphatic heterocycles. The number of hydrogen-bond acceptors (Lipinski definition) is 5. The lowest BCUT2D eigenvalue weighted by Crippen LogP contribution is -2.43. The van der Waals surface area contributed by atoms with Crippen molar-refractivity contribution >= 4 is 17.2 Å². The second-order valence-corrected chi connectivity index (χ2v) is 10.7. The number of ether oxygens (including phenoxy) is 2. The van der Waals surface area contributed by atoms with E-state index in [4.69, 9.17) is 14.5 Å². The Morgan fingerprint density at radius 3 is 2.67 bits per heavy atom. The number of carbonyl (C=O) groups excluding carboxylic acids is 1. The molecule has 0 N–H and O–H groups in total. The van der Waals surface area contributed by atoms with Gasteiger partial charge in [-0.3, -0.25) is 4.79 Å². The molecule has 0 aliphatic carbocycles. The largest absolute Gasteiger partial charge is 0.493 e. The van der Waals surface area contributed by atoms with Crippen LogP contribution in [-0.4, -0.2) is 45.7 Å². The van der Waals surface area contributed by atoms with Crippen LogP contribution in [0, 0.1) is 0 Å². The lowest BCUT2D eigenvalue weighted by Gasteiger charge is -2.32. The van der Waals surface area contributed by atoms with Crippen LogP contribution in [0.5, 0.6) is 11.5 Å². The lowest BCUT2D eigenvalue weighted by molar-refractivity contribution is 0.0634. The molecule has 1 amide bonds. The average molecular weight is 466 g/mol. The van der Waals surface area contributed by atoms with E-state index in [1.165, 1.54) is 5.56 Å². The molecule has 0 radical (unpaired) electrons. The summed E-state index contributed by atoms with van der Waals surface area (Å²) >= 11 is 1.65. The molecule has 1 fully saturated rings. The van der Waals surface area contributed by atoms with E-state index >= 15 is 0 Å². The Hall–Kier alpha value is -2.80. The number of likely N-dealkylation sites (tertiary alicyclic amines) is 1. The van der Waals surface area contributed by atoms with Crippen molar-refractivity contribution in [1.29, 1.82) is 0 Å². The third-order valence-electron chi connectivity index (χ3n) is 6.67. The van der Waals surface area contributed by atoms with E-state index in [1.807, 2.05) is 24.8 Å². The van der Waals surface area contributed by atoms with Gasteiger partial charge in [-0.1, -0.05) is 6.07 Å². The quantitative estimate of drug-likeness (QED) is 0.489. The highest BCUT2D eigenvalue weighted by molar-refractivity contribution is 7.13. The molecule has 1 aromatic carbocycles. The molecule has 0 unspecified atom stereocenters. The molecule has 174 valence electrons. The number of nitrogens with zero attached hydrogens (tertiary/aromatic N) is 3. The van der Waals surface area contributed by atoms with Gasteiger partial charge in [0.25, 0.3) is 5.91 Å². The van der Waals surface area contributed by atoms with Crippen molar-refractivity contribution in [2.24, 2.45) is 0 Å². The van der Waals surface area contributed by atoms with Gasteiger partial charge in [0.1, 0.15) is 5.69 Å². The van der Waals surface area contributed by atoms with Gasteiger partial charge >= 0.3 is 0 Å². The standard InChI is InChI=1S/C26H31N3O3S/c1-16(2)32-20-15-18-17(14-19(20)31-5)9-12-28-23(18)22(21-8-6-13-33-21)27-24(28)25(30)29-11-7-10-26(29,3)4/h6,8,13-16H,7,9-12H2,1-5H3.